The lowest BCUT2D eigenvalue weighted by atomic mass is 10.2. The highest BCUT2D eigenvalue weighted by Crippen LogP contribution is 2.01. The topological polar surface area (TPSA) is 16.6 Å². The summed E-state index contributed by atoms with van der Waals surface area (Å²) in [5.74, 6) is 0. The van der Waals surface area contributed by atoms with Crippen LogP contribution in [-0.2, 0) is 0 Å². The average molecular weight is 98.2 g/mol. The molecule has 1 fully saturated rings. The molecule has 0 unspecified atom stereocenters. The van der Waals surface area contributed by atoms with Crippen molar-refractivity contribution in [2.45, 2.75) is 19.4 Å². The molecule has 1 atom stereocenters. The van der Waals surface area contributed by atoms with Gasteiger partial charge in [0, 0.05) is 6.42 Å². The van der Waals surface area contributed by atoms with E-state index in [9.17, 15) is 0 Å². The molecule has 1 heterocycles. The summed E-state index contributed by atoms with van der Waals surface area (Å²) in [7, 11) is 0. The van der Waals surface area contributed by atoms with E-state index in [4.69, 9.17) is 0 Å². The van der Waals surface area contributed by atoms with E-state index in [1.165, 1.54) is 12.0 Å². The summed E-state index contributed by atoms with van der Waals surface area (Å²) in [4.78, 5) is 0. The first-order chi connectivity index (χ1) is 3.29. The smallest absolute Gasteiger partial charge is 0.0973 e. The Hall–Kier alpha value is -0.300. The summed E-state index contributed by atoms with van der Waals surface area (Å²) in [5.41, 5.74) is 1.40. The lowest BCUT2D eigenvalue weighted by molar-refractivity contribution is -0.663. The molecule has 0 aromatic heterocycles. The van der Waals surface area contributed by atoms with Gasteiger partial charge in [-0.2, -0.15) is 0 Å². The normalized spacial score (nSPS) is 31.6. The van der Waals surface area contributed by atoms with Crippen LogP contribution in [0.1, 0.15) is 13.3 Å². The molecule has 40 valence electrons. The van der Waals surface area contributed by atoms with Gasteiger partial charge in [-0.05, 0) is 12.5 Å². The summed E-state index contributed by atoms with van der Waals surface area (Å²) in [6.07, 6.45) is 1.22. The van der Waals surface area contributed by atoms with Gasteiger partial charge in [-0.1, -0.05) is 6.58 Å². The molecule has 0 spiro atoms. The van der Waals surface area contributed by atoms with Crippen molar-refractivity contribution in [3.05, 3.63) is 12.2 Å². The second kappa shape index (κ2) is 1.66. The minimum atomic E-state index is 0.799. The molecule has 1 heteroatoms. The van der Waals surface area contributed by atoms with Gasteiger partial charge in [0.1, 0.15) is 0 Å². The van der Waals surface area contributed by atoms with Crippen LogP contribution in [0.5, 0.6) is 0 Å². The van der Waals surface area contributed by atoms with Crippen LogP contribution in [0, 0.1) is 0 Å². The van der Waals surface area contributed by atoms with Crippen LogP contribution in [-0.4, -0.2) is 12.6 Å². The van der Waals surface area contributed by atoms with Gasteiger partial charge in [0.05, 0.1) is 12.6 Å². The molecule has 0 aromatic carbocycles. The molecule has 2 N–H and O–H groups in total. The third-order valence-electron chi connectivity index (χ3n) is 1.42. The van der Waals surface area contributed by atoms with Gasteiger partial charge in [0.2, 0.25) is 0 Å². The maximum Gasteiger partial charge on any atom is 0.0973 e. The quantitative estimate of drug-likeness (QED) is 0.407. The molecule has 0 amide bonds. The van der Waals surface area contributed by atoms with Crippen molar-refractivity contribution in [2.24, 2.45) is 0 Å². The van der Waals surface area contributed by atoms with E-state index in [0.29, 0.717) is 0 Å². The fourth-order valence-electron chi connectivity index (χ4n) is 0.990. The fraction of sp³-hybridized carbons (Fsp3) is 0.667. The Balaban J connectivity index is 2.40. The summed E-state index contributed by atoms with van der Waals surface area (Å²) >= 11 is 0. The van der Waals surface area contributed by atoms with Crippen LogP contribution in [0.15, 0.2) is 12.2 Å². The number of quaternary nitrogens is 1. The highest BCUT2D eigenvalue weighted by atomic mass is 14.9. The van der Waals surface area contributed by atoms with E-state index in [1.807, 2.05) is 0 Å². The van der Waals surface area contributed by atoms with Crippen LogP contribution in [0.4, 0.5) is 0 Å². The second-order valence-electron chi connectivity index (χ2n) is 2.37. The monoisotopic (exact) mass is 98.1 g/mol. The van der Waals surface area contributed by atoms with Gasteiger partial charge in [0.25, 0.3) is 0 Å². The predicted molar refractivity (Wildman–Crippen MR) is 30.0 cm³/mol. The third kappa shape index (κ3) is 1.03. The zero-order valence-corrected chi connectivity index (χ0v) is 4.78. The Labute approximate surface area is 44.4 Å². The van der Waals surface area contributed by atoms with Gasteiger partial charge >= 0.3 is 0 Å². The average Bonchev–Trinajstić information content (AvgIpc) is 1.87. The molecule has 0 aliphatic carbocycles. The predicted octanol–water partition coefficient (Wildman–Crippen LogP) is -0.102. The molecule has 0 saturated carbocycles. The van der Waals surface area contributed by atoms with Crippen LogP contribution >= 0.6 is 0 Å². The minimum absolute atomic E-state index is 0.799. The SMILES string of the molecule is C=C1C[NH2+][C@H](C)C1. The molecular weight excluding hydrogens is 86.1 g/mol. The summed E-state index contributed by atoms with van der Waals surface area (Å²) in [6.45, 7) is 7.26. The van der Waals surface area contributed by atoms with Crippen molar-refractivity contribution in [1.82, 2.24) is 0 Å². The van der Waals surface area contributed by atoms with Gasteiger partial charge in [-0.15, -0.1) is 0 Å². The summed E-state index contributed by atoms with van der Waals surface area (Å²) in [6, 6.07) is 0.799. The second-order valence-corrected chi connectivity index (χ2v) is 2.37. The first-order valence-electron chi connectivity index (χ1n) is 2.79. The van der Waals surface area contributed by atoms with Crippen molar-refractivity contribution >= 4 is 0 Å². The molecule has 0 radical (unpaired) electrons. The lowest BCUT2D eigenvalue weighted by Gasteiger charge is -1.90. The maximum absolute atomic E-state index is 3.87. The van der Waals surface area contributed by atoms with E-state index < -0.39 is 0 Å². The number of nitrogens with two attached hydrogens (primary N) is 1. The zero-order chi connectivity index (χ0) is 5.28. The molecule has 1 aliphatic rings. The fourth-order valence-corrected chi connectivity index (χ4v) is 0.990. The number of hydrogen-bond acceptors (Lipinski definition) is 0. The number of rotatable bonds is 0. The largest absolute Gasteiger partial charge is 0.340 e. The molecule has 0 aromatic rings. The summed E-state index contributed by atoms with van der Waals surface area (Å²) in [5, 5.41) is 2.32. The molecule has 1 aliphatic heterocycles. The zero-order valence-electron chi connectivity index (χ0n) is 4.78. The van der Waals surface area contributed by atoms with Crippen molar-refractivity contribution in [2.75, 3.05) is 6.54 Å². The summed E-state index contributed by atoms with van der Waals surface area (Å²) < 4.78 is 0. The van der Waals surface area contributed by atoms with E-state index in [0.717, 1.165) is 12.6 Å². The maximum atomic E-state index is 3.87. The van der Waals surface area contributed by atoms with Crippen molar-refractivity contribution in [3.8, 4) is 0 Å². The van der Waals surface area contributed by atoms with E-state index in [-0.39, 0.29) is 0 Å². The minimum Gasteiger partial charge on any atom is -0.340 e. The van der Waals surface area contributed by atoms with Gasteiger partial charge in [-0.25, -0.2) is 0 Å². The molecule has 1 saturated heterocycles. The Morgan fingerprint density at radius 3 is 2.71 bits per heavy atom. The van der Waals surface area contributed by atoms with Crippen LogP contribution in [0.3, 0.4) is 0 Å². The van der Waals surface area contributed by atoms with E-state index >= 15 is 0 Å². The highest BCUT2D eigenvalue weighted by molar-refractivity contribution is 4.97. The van der Waals surface area contributed by atoms with E-state index in [2.05, 4.69) is 18.8 Å². The van der Waals surface area contributed by atoms with Crippen LogP contribution in [0.2, 0.25) is 0 Å². The molecular formula is C6H12N+. The number of hydrogen-bond donors (Lipinski definition) is 1. The lowest BCUT2D eigenvalue weighted by Crippen LogP contribution is -2.85. The van der Waals surface area contributed by atoms with Crippen LogP contribution < -0.4 is 5.32 Å². The Morgan fingerprint density at radius 2 is 2.57 bits per heavy atom. The standard InChI is InChI=1S/C6H11N/c1-5-3-6(2)7-4-5/h6-7H,1,3-4H2,2H3/p+1/t6-/m1/s1. The van der Waals surface area contributed by atoms with Gasteiger partial charge in [0.15, 0.2) is 0 Å². The Kier molecular flexibility index (Phi) is 1.15. The molecule has 1 rings (SSSR count). The molecule has 0 bridgehead atoms. The van der Waals surface area contributed by atoms with Crippen molar-refractivity contribution in [3.63, 3.8) is 0 Å². The van der Waals surface area contributed by atoms with Gasteiger partial charge in [-0.3, -0.25) is 0 Å². The first kappa shape index (κ1) is 4.85. The van der Waals surface area contributed by atoms with E-state index in [1.54, 1.807) is 0 Å². The van der Waals surface area contributed by atoms with Crippen LogP contribution in [0.25, 0.3) is 0 Å². The Bertz CT molecular complexity index is 86.2. The van der Waals surface area contributed by atoms with Crippen molar-refractivity contribution < 1.29 is 5.32 Å². The first-order valence-corrected chi connectivity index (χ1v) is 2.79. The molecule has 1 nitrogen and oxygen atoms in total. The highest BCUT2D eigenvalue weighted by Gasteiger charge is 2.14. The van der Waals surface area contributed by atoms with Gasteiger partial charge < -0.3 is 5.32 Å². The molecule has 7 heavy (non-hydrogen) atoms. The van der Waals surface area contributed by atoms with Crippen molar-refractivity contribution in [1.29, 1.82) is 0 Å². The third-order valence-corrected chi connectivity index (χ3v) is 1.42. The Morgan fingerprint density at radius 1 is 1.86 bits per heavy atom.